The largest absolute Gasteiger partial charge is 0.369 e. The zero-order valence-corrected chi connectivity index (χ0v) is 18.1. The number of nitrogens with zero attached hydrogens (tertiary/aromatic N) is 4. The highest BCUT2D eigenvalue weighted by atomic mass is 19.1. The highest BCUT2D eigenvalue weighted by Crippen LogP contribution is 2.34. The van der Waals surface area contributed by atoms with Gasteiger partial charge in [-0.2, -0.15) is 5.10 Å². The molecule has 33 heavy (non-hydrogen) atoms. The van der Waals surface area contributed by atoms with Gasteiger partial charge in [-0.05, 0) is 55.3 Å². The van der Waals surface area contributed by atoms with Crippen LogP contribution in [0.5, 0.6) is 0 Å². The van der Waals surface area contributed by atoms with Gasteiger partial charge in [-0.15, -0.1) is 0 Å². The van der Waals surface area contributed by atoms with Crippen molar-refractivity contribution in [3.8, 4) is 0 Å². The van der Waals surface area contributed by atoms with Gasteiger partial charge in [-0.25, -0.2) is 10.2 Å². The molecule has 2 unspecified atom stereocenters. The second kappa shape index (κ2) is 8.38. The van der Waals surface area contributed by atoms with Crippen molar-refractivity contribution in [3.05, 3.63) is 66.3 Å². The van der Waals surface area contributed by atoms with Crippen LogP contribution in [0.2, 0.25) is 0 Å². The van der Waals surface area contributed by atoms with Gasteiger partial charge in [0.25, 0.3) is 0 Å². The van der Waals surface area contributed by atoms with E-state index in [2.05, 4.69) is 10.2 Å². The first kappa shape index (κ1) is 21.2. The molecule has 9 nitrogen and oxygen atoms in total. The number of nitrogens with two attached hydrogens (primary N) is 3. The highest BCUT2D eigenvalue weighted by molar-refractivity contribution is 5.82. The molecule has 5 rings (SSSR count). The molecule has 172 valence electrons. The Morgan fingerprint density at radius 1 is 1.12 bits per heavy atom. The molecule has 2 aromatic carbocycles. The lowest BCUT2D eigenvalue weighted by molar-refractivity contribution is -0.122. The predicted molar refractivity (Wildman–Crippen MR) is 125 cm³/mol. The van der Waals surface area contributed by atoms with E-state index in [9.17, 15) is 9.18 Å². The second-order valence-corrected chi connectivity index (χ2v) is 8.57. The number of fused-ring (bicyclic) bond motifs is 1. The molecular formula is C23H27FN8O. The van der Waals surface area contributed by atoms with Crippen LogP contribution in [0.1, 0.15) is 12.8 Å². The van der Waals surface area contributed by atoms with Gasteiger partial charge in [0.15, 0.2) is 6.29 Å². The van der Waals surface area contributed by atoms with Crippen LogP contribution >= 0.6 is 0 Å². The Hall–Kier alpha value is -3.63. The fraction of sp³-hybridized carbons (Fsp3) is 0.304. The SMILES string of the molecule is NC(=O)[C@H]1CCC(C2=CCN(c3ccc4cn[nH]c4c3)C(N)N2N)N(c2cccc(F)c2)C1. The molecule has 3 heterocycles. The van der Waals surface area contributed by atoms with Crippen LogP contribution in [0.25, 0.3) is 10.9 Å². The number of carbonyl (C=O) groups is 1. The number of hydrogen-bond acceptors (Lipinski definition) is 7. The average molecular weight is 451 g/mol. The first-order valence-corrected chi connectivity index (χ1v) is 10.9. The van der Waals surface area contributed by atoms with Crippen molar-refractivity contribution in [1.82, 2.24) is 15.2 Å². The Kier molecular flexibility index (Phi) is 5.39. The van der Waals surface area contributed by atoms with E-state index in [1.165, 1.54) is 12.1 Å². The van der Waals surface area contributed by atoms with Crippen LogP contribution in [0.3, 0.4) is 0 Å². The molecule has 1 amide bonds. The van der Waals surface area contributed by atoms with E-state index in [1.807, 2.05) is 40.1 Å². The summed E-state index contributed by atoms with van der Waals surface area (Å²) in [5.41, 5.74) is 15.5. The molecular weight excluding hydrogens is 423 g/mol. The summed E-state index contributed by atoms with van der Waals surface area (Å²) >= 11 is 0. The van der Waals surface area contributed by atoms with Crippen molar-refractivity contribution in [2.24, 2.45) is 23.2 Å². The van der Waals surface area contributed by atoms with Gasteiger partial charge < -0.3 is 15.5 Å². The molecule has 1 aromatic heterocycles. The van der Waals surface area contributed by atoms with Crippen molar-refractivity contribution in [2.45, 2.75) is 25.2 Å². The molecule has 2 aliphatic rings. The Bertz CT molecular complexity index is 1210. The van der Waals surface area contributed by atoms with Gasteiger partial charge in [0.05, 0.1) is 29.4 Å². The fourth-order valence-electron chi connectivity index (χ4n) is 4.83. The Morgan fingerprint density at radius 2 is 1.94 bits per heavy atom. The Morgan fingerprint density at radius 3 is 2.73 bits per heavy atom. The molecule has 1 fully saturated rings. The van der Waals surface area contributed by atoms with E-state index in [0.29, 0.717) is 31.6 Å². The minimum Gasteiger partial charge on any atom is -0.369 e. The number of hydrazine groups is 1. The summed E-state index contributed by atoms with van der Waals surface area (Å²) in [6, 6.07) is 12.2. The van der Waals surface area contributed by atoms with Crippen LogP contribution in [-0.2, 0) is 4.79 Å². The van der Waals surface area contributed by atoms with Gasteiger partial charge in [0, 0.05) is 29.9 Å². The molecule has 10 heteroatoms. The highest BCUT2D eigenvalue weighted by Gasteiger charge is 2.38. The predicted octanol–water partition coefficient (Wildman–Crippen LogP) is 1.59. The standard InChI is InChI=1S/C23H27FN8O/c24-16-2-1-3-17(10-16)31-13-15(22(25)33)5-7-20(31)21-8-9-30(23(26)32(21)27)18-6-4-14-12-28-29-19(14)11-18/h1-4,6,8,10-12,15,20,23H,5,7,9,13,26-27H2,(H2,25,33)(H,28,29)/t15-,20?,23?/m0/s1. The Balaban J connectivity index is 1.45. The lowest BCUT2D eigenvalue weighted by Gasteiger charge is -2.48. The minimum atomic E-state index is -0.603. The molecule has 7 N–H and O–H groups in total. The number of hydrogen-bond donors (Lipinski definition) is 4. The average Bonchev–Trinajstić information content (AvgIpc) is 3.28. The van der Waals surface area contributed by atoms with Crippen molar-refractivity contribution < 1.29 is 9.18 Å². The molecule has 3 aromatic rings. The van der Waals surface area contributed by atoms with E-state index >= 15 is 0 Å². The number of piperidine rings is 1. The van der Waals surface area contributed by atoms with Gasteiger partial charge in [-0.3, -0.25) is 20.6 Å². The Labute approximate surface area is 190 Å². The molecule has 1 saturated heterocycles. The third-order valence-corrected chi connectivity index (χ3v) is 6.62. The number of anilines is 2. The number of aromatic nitrogens is 2. The van der Waals surface area contributed by atoms with Crippen molar-refractivity contribution >= 4 is 28.2 Å². The summed E-state index contributed by atoms with van der Waals surface area (Å²) < 4.78 is 14.0. The number of H-pyrrole nitrogens is 1. The number of amides is 1. The van der Waals surface area contributed by atoms with Crippen LogP contribution in [0.4, 0.5) is 15.8 Å². The van der Waals surface area contributed by atoms with Crippen molar-refractivity contribution in [1.29, 1.82) is 0 Å². The van der Waals surface area contributed by atoms with Crippen LogP contribution in [0, 0.1) is 11.7 Å². The number of primary amides is 1. The summed E-state index contributed by atoms with van der Waals surface area (Å²) in [6.45, 7) is 0.945. The van der Waals surface area contributed by atoms with Crippen molar-refractivity contribution in [2.75, 3.05) is 22.9 Å². The minimum absolute atomic E-state index is 0.157. The van der Waals surface area contributed by atoms with E-state index < -0.39 is 6.29 Å². The van der Waals surface area contributed by atoms with Gasteiger partial charge in [-0.1, -0.05) is 6.07 Å². The molecule has 0 bridgehead atoms. The van der Waals surface area contributed by atoms with Gasteiger partial charge in [0.2, 0.25) is 5.91 Å². The normalized spacial score (nSPS) is 23.7. The van der Waals surface area contributed by atoms with E-state index in [4.69, 9.17) is 17.3 Å². The molecule has 0 saturated carbocycles. The zero-order chi connectivity index (χ0) is 23.1. The number of nitrogens with one attached hydrogen (secondary N) is 1. The number of aromatic amines is 1. The van der Waals surface area contributed by atoms with Crippen LogP contribution < -0.4 is 27.1 Å². The monoisotopic (exact) mass is 450 g/mol. The summed E-state index contributed by atoms with van der Waals surface area (Å²) in [4.78, 5) is 15.9. The maximum absolute atomic E-state index is 14.0. The van der Waals surface area contributed by atoms with E-state index in [1.54, 1.807) is 17.3 Å². The quantitative estimate of drug-likeness (QED) is 0.444. The topological polar surface area (TPSA) is 134 Å². The number of carbonyl (C=O) groups excluding carboxylic acids is 1. The fourth-order valence-corrected chi connectivity index (χ4v) is 4.83. The van der Waals surface area contributed by atoms with E-state index in [-0.39, 0.29) is 23.7 Å². The third-order valence-electron chi connectivity index (χ3n) is 6.62. The smallest absolute Gasteiger partial charge is 0.222 e. The maximum Gasteiger partial charge on any atom is 0.222 e. The summed E-state index contributed by atoms with van der Waals surface area (Å²) in [6.07, 6.45) is 4.49. The summed E-state index contributed by atoms with van der Waals surface area (Å²) in [5, 5.41) is 9.62. The zero-order valence-electron chi connectivity index (χ0n) is 18.1. The number of benzene rings is 2. The van der Waals surface area contributed by atoms with Gasteiger partial charge >= 0.3 is 0 Å². The third kappa shape index (κ3) is 3.87. The van der Waals surface area contributed by atoms with Crippen LogP contribution in [-0.4, -0.2) is 46.5 Å². The maximum atomic E-state index is 14.0. The van der Waals surface area contributed by atoms with Gasteiger partial charge in [0.1, 0.15) is 5.82 Å². The lowest BCUT2D eigenvalue weighted by Crippen LogP contribution is -2.63. The summed E-state index contributed by atoms with van der Waals surface area (Å²) in [5.74, 6) is 5.52. The van der Waals surface area contributed by atoms with Crippen LogP contribution in [0.15, 0.2) is 60.4 Å². The van der Waals surface area contributed by atoms with E-state index in [0.717, 1.165) is 22.3 Å². The second-order valence-electron chi connectivity index (χ2n) is 8.57. The summed E-state index contributed by atoms with van der Waals surface area (Å²) in [7, 11) is 0. The molecule has 2 aliphatic heterocycles. The molecule has 0 radical (unpaired) electrons. The molecule has 3 atom stereocenters. The number of halogens is 1. The first-order chi connectivity index (χ1) is 15.9. The lowest BCUT2D eigenvalue weighted by atomic mass is 9.89. The molecule has 0 aliphatic carbocycles. The molecule has 0 spiro atoms. The first-order valence-electron chi connectivity index (χ1n) is 10.9. The number of rotatable bonds is 4. The van der Waals surface area contributed by atoms with Crippen molar-refractivity contribution in [3.63, 3.8) is 0 Å².